The van der Waals surface area contributed by atoms with Gasteiger partial charge in [-0.05, 0) is 54.8 Å². The fourth-order valence-corrected chi connectivity index (χ4v) is 3.66. The summed E-state index contributed by atoms with van der Waals surface area (Å²) >= 11 is 7.39. The van der Waals surface area contributed by atoms with E-state index in [4.69, 9.17) is 11.6 Å². The van der Waals surface area contributed by atoms with E-state index in [1.165, 1.54) is 17.8 Å². The van der Waals surface area contributed by atoms with Crippen LogP contribution in [0, 0.1) is 12.7 Å². The summed E-state index contributed by atoms with van der Waals surface area (Å²) < 4.78 is 13.4. The molecule has 0 fully saturated rings. The van der Waals surface area contributed by atoms with Gasteiger partial charge in [-0.1, -0.05) is 17.7 Å². The van der Waals surface area contributed by atoms with Crippen molar-refractivity contribution < 1.29 is 9.18 Å². The molecule has 1 amide bonds. The van der Waals surface area contributed by atoms with E-state index in [0.717, 1.165) is 12.0 Å². The number of pyridine rings is 1. The number of carbonyl (C=O) groups excluding carboxylic acids is 1. The van der Waals surface area contributed by atoms with E-state index in [2.05, 4.69) is 15.3 Å². The number of rotatable bonds is 4. The lowest BCUT2D eigenvalue weighted by atomic mass is 10.1. The number of hydrogen-bond donors (Lipinski definition) is 1. The van der Waals surface area contributed by atoms with Gasteiger partial charge in [-0.3, -0.25) is 9.79 Å². The molecule has 2 heterocycles. The van der Waals surface area contributed by atoms with Crippen molar-refractivity contribution in [2.75, 3.05) is 11.9 Å². The molecule has 7 heteroatoms. The lowest BCUT2D eigenvalue weighted by molar-refractivity contribution is -0.112. The number of anilines is 1. The predicted octanol–water partition coefficient (Wildman–Crippen LogP) is 4.78. The highest BCUT2D eigenvalue weighted by Gasteiger charge is 2.19. The van der Waals surface area contributed by atoms with Crippen LogP contribution in [0.25, 0.3) is 0 Å². The summed E-state index contributed by atoms with van der Waals surface area (Å²) in [6.45, 7) is 2.32. The van der Waals surface area contributed by atoms with Gasteiger partial charge >= 0.3 is 0 Å². The van der Waals surface area contributed by atoms with Crippen LogP contribution in [-0.4, -0.2) is 22.5 Å². The van der Waals surface area contributed by atoms with Gasteiger partial charge in [0.05, 0.1) is 5.57 Å². The van der Waals surface area contributed by atoms with E-state index in [9.17, 15) is 9.18 Å². The number of dihydropyridines is 1. The zero-order chi connectivity index (χ0) is 18.5. The van der Waals surface area contributed by atoms with Crippen molar-refractivity contribution >= 4 is 40.0 Å². The Labute approximate surface area is 160 Å². The van der Waals surface area contributed by atoms with Crippen LogP contribution in [0.2, 0.25) is 5.15 Å². The molecule has 0 bridgehead atoms. The largest absolute Gasteiger partial charge is 0.322 e. The third-order valence-corrected chi connectivity index (χ3v) is 5.10. The van der Waals surface area contributed by atoms with E-state index in [0.29, 0.717) is 39.3 Å². The maximum atomic E-state index is 13.4. The molecule has 1 N–H and O–H groups in total. The van der Waals surface area contributed by atoms with Crippen molar-refractivity contribution in [1.82, 2.24) is 4.98 Å². The average Bonchev–Trinajstić information content (AvgIpc) is 2.63. The van der Waals surface area contributed by atoms with Gasteiger partial charge in [-0.2, -0.15) is 0 Å². The Bertz CT molecular complexity index is 898. The van der Waals surface area contributed by atoms with Gasteiger partial charge in [-0.15, -0.1) is 11.8 Å². The van der Waals surface area contributed by atoms with Gasteiger partial charge in [0, 0.05) is 24.2 Å². The number of thioether (sulfide) groups is 1. The highest BCUT2D eigenvalue weighted by atomic mass is 35.5. The highest BCUT2D eigenvalue weighted by Crippen LogP contribution is 2.24. The lowest BCUT2D eigenvalue weighted by Gasteiger charge is -2.15. The summed E-state index contributed by atoms with van der Waals surface area (Å²) in [5.74, 6) is 0.102. The van der Waals surface area contributed by atoms with Gasteiger partial charge in [-0.25, -0.2) is 9.37 Å². The Morgan fingerprint density at radius 2 is 2.19 bits per heavy atom. The Morgan fingerprint density at radius 1 is 1.35 bits per heavy atom. The maximum absolute atomic E-state index is 13.4. The fraction of sp³-hybridized carbons (Fsp3) is 0.211. The SMILES string of the molecule is Cc1cc(NC(=O)C2=CCCN=C2SCc2ccnc(Cl)c2)ccc1F. The Morgan fingerprint density at radius 3 is 2.96 bits per heavy atom. The van der Waals surface area contributed by atoms with Gasteiger partial charge in [0.15, 0.2) is 0 Å². The van der Waals surface area contributed by atoms with Crippen molar-refractivity contribution in [2.24, 2.45) is 4.99 Å². The predicted molar refractivity (Wildman–Crippen MR) is 105 cm³/mol. The van der Waals surface area contributed by atoms with Gasteiger partial charge in [0.25, 0.3) is 5.91 Å². The number of hydrogen-bond acceptors (Lipinski definition) is 4. The number of aryl methyl sites for hydroxylation is 1. The lowest BCUT2D eigenvalue weighted by Crippen LogP contribution is -2.21. The summed E-state index contributed by atoms with van der Waals surface area (Å²) in [5, 5.41) is 3.95. The molecule has 0 saturated heterocycles. The van der Waals surface area contributed by atoms with Crippen LogP contribution >= 0.6 is 23.4 Å². The van der Waals surface area contributed by atoms with Crippen LogP contribution in [-0.2, 0) is 10.5 Å². The first-order valence-corrected chi connectivity index (χ1v) is 9.45. The Balaban J connectivity index is 1.68. The third-order valence-electron chi connectivity index (χ3n) is 3.79. The second-order valence-electron chi connectivity index (χ2n) is 5.79. The number of nitrogens with zero attached hydrogens (tertiary/aromatic N) is 2. The van der Waals surface area contributed by atoms with Crippen LogP contribution in [0.4, 0.5) is 10.1 Å². The smallest absolute Gasteiger partial charge is 0.258 e. The molecule has 0 radical (unpaired) electrons. The first-order chi connectivity index (χ1) is 12.5. The molecule has 1 aromatic carbocycles. The average molecular weight is 390 g/mol. The zero-order valence-electron chi connectivity index (χ0n) is 14.1. The fourth-order valence-electron chi connectivity index (χ4n) is 2.47. The molecule has 0 spiro atoms. The molecule has 0 saturated carbocycles. The first kappa shape index (κ1) is 18.6. The molecular weight excluding hydrogens is 373 g/mol. The molecule has 4 nitrogen and oxygen atoms in total. The van der Waals surface area contributed by atoms with Gasteiger partial charge in [0.1, 0.15) is 16.0 Å². The Hall–Kier alpha value is -2.18. The summed E-state index contributed by atoms with van der Waals surface area (Å²) in [6, 6.07) is 8.18. The maximum Gasteiger partial charge on any atom is 0.258 e. The molecule has 1 aliphatic heterocycles. The number of benzene rings is 1. The number of carbonyl (C=O) groups is 1. The summed E-state index contributed by atoms with van der Waals surface area (Å²) in [7, 11) is 0. The van der Waals surface area contributed by atoms with Crippen LogP contribution in [0.1, 0.15) is 17.5 Å². The van der Waals surface area contributed by atoms with E-state index < -0.39 is 0 Å². The summed E-state index contributed by atoms with van der Waals surface area (Å²) in [4.78, 5) is 21.1. The van der Waals surface area contributed by atoms with Crippen molar-refractivity contribution in [2.45, 2.75) is 19.1 Å². The minimum Gasteiger partial charge on any atom is -0.322 e. The number of halogens is 2. The molecular formula is C19H17ClFN3OS. The molecule has 1 aliphatic rings. The monoisotopic (exact) mass is 389 g/mol. The second kappa shape index (κ2) is 8.47. The molecule has 0 atom stereocenters. The van der Waals surface area contributed by atoms with E-state index in [-0.39, 0.29) is 11.7 Å². The molecule has 2 aromatic rings. The van der Waals surface area contributed by atoms with Gasteiger partial charge < -0.3 is 5.32 Å². The molecule has 26 heavy (non-hydrogen) atoms. The van der Waals surface area contributed by atoms with Crippen LogP contribution < -0.4 is 5.32 Å². The summed E-state index contributed by atoms with van der Waals surface area (Å²) in [5.41, 5.74) is 2.60. The van der Waals surface area contributed by atoms with Gasteiger partial charge in [0.2, 0.25) is 0 Å². The molecule has 1 aromatic heterocycles. The van der Waals surface area contributed by atoms with Crippen LogP contribution in [0.3, 0.4) is 0 Å². The molecule has 0 unspecified atom stereocenters. The van der Waals surface area contributed by atoms with Crippen molar-refractivity contribution in [3.63, 3.8) is 0 Å². The first-order valence-electron chi connectivity index (χ1n) is 8.08. The quantitative estimate of drug-likeness (QED) is 0.765. The van der Waals surface area contributed by atoms with Crippen LogP contribution in [0.15, 0.2) is 53.2 Å². The number of amides is 1. The van der Waals surface area contributed by atoms with Crippen LogP contribution in [0.5, 0.6) is 0 Å². The van der Waals surface area contributed by atoms with E-state index in [1.54, 1.807) is 31.3 Å². The van der Waals surface area contributed by atoms with Crippen molar-refractivity contribution in [1.29, 1.82) is 0 Å². The Kier molecular flexibility index (Phi) is 6.06. The van der Waals surface area contributed by atoms with Crippen molar-refractivity contribution in [3.05, 3.63) is 70.3 Å². The highest BCUT2D eigenvalue weighted by molar-refractivity contribution is 8.13. The molecule has 3 rings (SSSR count). The number of nitrogens with one attached hydrogen (secondary N) is 1. The van der Waals surface area contributed by atoms with Crippen molar-refractivity contribution in [3.8, 4) is 0 Å². The number of aliphatic imine (C=N–C) groups is 1. The minimum atomic E-state index is -0.298. The normalized spacial score (nSPS) is 13.8. The zero-order valence-corrected chi connectivity index (χ0v) is 15.7. The molecule has 0 aliphatic carbocycles. The second-order valence-corrected chi connectivity index (χ2v) is 7.14. The topological polar surface area (TPSA) is 54.4 Å². The number of aromatic nitrogens is 1. The van der Waals surface area contributed by atoms with E-state index in [1.807, 2.05) is 12.1 Å². The third kappa shape index (κ3) is 4.71. The minimum absolute atomic E-state index is 0.241. The summed E-state index contributed by atoms with van der Waals surface area (Å²) in [6.07, 6.45) is 4.26. The van der Waals surface area contributed by atoms with E-state index >= 15 is 0 Å². The molecule has 134 valence electrons. The standard InChI is InChI=1S/C19H17ClFN3OS/c1-12-9-14(4-5-16(12)21)24-18(25)15-3-2-7-23-19(15)26-11-13-6-8-22-17(20)10-13/h3-6,8-10H,2,7,11H2,1H3,(H,24,25).